The molecule has 0 fully saturated rings. The molecule has 0 heterocycles. The van der Waals surface area contributed by atoms with Gasteiger partial charge in [0.1, 0.15) is 0 Å². The summed E-state index contributed by atoms with van der Waals surface area (Å²) in [7, 11) is -11.7. The van der Waals surface area contributed by atoms with Gasteiger partial charge in [0.05, 0.1) is 5.52 Å². The summed E-state index contributed by atoms with van der Waals surface area (Å²) in [6.45, 7) is 0. The van der Waals surface area contributed by atoms with E-state index < -0.39 is 26.6 Å². The van der Waals surface area contributed by atoms with Crippen LogP contribution in [0.2, 0.25) is 0 Å². The molecule has 0 unspecified atom stereocenters. The van der Waals surface area contributed by atoms with Crippen molar-refractivity contribution in [2.75, 3.05) is 5.73 Å². The van der Waals surface area contributed by atoms with Crippen LogP contribution in [-0.2, 0) is 9.13 Å². The maximum Gasteiger partial charge on any atom is 1.00 e. The second-order valence-electron chi connectivity index (χ2n) is 3.55. The summed E-state index contributed by atoms with van der Waals surface area (Å²) in [6, 6.07) is 4.93. The number of nitrogens with one attached hydrogen (secondary N) is 1. The molecule has 9 nitrogen and oxygen atoms in total. The Balaban J connectivity index is -0.000000451. The molecule has 1 rings (SSSR count). The Morgan fingerprint density at radius 3 is 1.57 bits per heavy atom. The standard InChI is InChI=1S/C8H12N2O7P2.4Na/c9-6-3-1-5(2-4-6)7(11)10-8(18(12,13)14)19(15,16)17;;;;/h1-4,8H,9H2,(H,10,11)(H2,12,13,14)(H2,15,16,17);;;;/q;4*+1/p-4. The molecule has 1 aromatic carbocycles. The van der Waals surface area contributed by atoms with E-state index in [2.05, 4.69) is 0 Å². The SMILES string of the molecule is Nc1ccc(C(=O)NC(P(=O)([O-])[O-])P(=O)([O-])[O-])cc1.[Na+].[Na+].[Na+].[Na+]. The molecule has 0 aliphatic rings. The minimum Gasteiger partial charge on any atom is -0.809 e. The van der Waals surface area contributed by atoms with Crippen molar-refractivity contribution >= 4 is 26.8 Å². The van der Waals surface area contributed by atoms with Crippen LogP contribution in [0.5, 0.6) is 0 Å². The van der Waals surface area contributed by atoms with Crippen molar-refractivity contribution in [1.82, 2.24) is 5.32 Å². The third-order valence-electron chi connectivity index (χ3n) is 2.03. The summed E-state index contributed by atoms with van der Waals surface area (Å²) in [5.41, 5.74) is 2.48. The first-order chi connectivity index (χ1) is 8.51. The number of rotatable bonds is 4. The summed E-state index contributed by atoms with van der Waals surface area (Å²) in [6.07, 6.45) is 0. The van der Waals surface area contributed by atoms with Crippen LogP contribution in [-0.4, -0.2) is 11.4 Å². The van der Waals surface area contributed by atoms with Gasteiger partial charge < -0.3 is 39.8 Å². The first-order valence-corrected chi connectivity index (χ1v) is 7.94. The number of amides is 1. The summed E-state index contributed by atoms with van der Waals surface area (Å²) in [4.78, 5) is 54.2. The molecule has 0 saturated carbocycles. The van der Waals surface area contributed by atoms with Crippen molar-refractivity contribution in [3.63, 3.8) is 0 Å². The topological polar surface area (TPSA) is 182 Å². The Morgan fingerprint density at radius 2 is 1.26 bits per heavy atom. The predicted molar refractivity (Wildman–Crippen MR) is 57.3 cm³/mol. The molecular formula is C8H8N2Na4O7P2. The van der Waals surface area contributed by atoms with Gasteiger partial charge in [-0.15, -0.1) is 0 Å². The zero-order valence-electron chi connectivity index (χ0n) is 13.2. The van der Waals surface area contributed by atoms with Gasteiger partial charge in [-0.25, -0.2) is 0 Å². The van der Waals surface area contributed by atoms with Crippen LogP contribution < -0.4 is 149 Å². The molecule has 0 aliphatic carbocycles. The average Bonchev–Trinajstić information content (AvgIpc) is 2.23. The third kappa shape index (κ3) is 12.0. The normalized spacial score (nSPS) is 10.3. The van der Waals surface area contributed by atoms with E-state index in [4.69, 9.17) is 5.73 Å². The monoisotopic (exact) mass is 398 g/mol. The molecule has 0 bridgehead atoms. The van der Waals surface area contributed by atoms with Crippen molar-refractivity contribution in [3.8, 4) is 0 Å². The van der Waals surface area contributed by atoms with E-state index >= 15 is 0 Å². The molecule has 1 amide bonds. The van der Waals surface area contributed by atoms with Crippen molar-refractivity contribution in [3.05, 3.63) is 29.8 Å². The molecule has 0 spiro atoms. The van der Waals surface area contributed by atoms with E-state index in [1.165, 1.54) is 29.6 Å². The zero-order chi connectivity index (χ0) is 14.8. The minimum atomic E-state index is -5.83. The molecule has 0 atom stereocenters. The molecule has 1 aromatic rings. The zero-order valence-corrected chi connectivity index (χ0v) is 23.0. The van der Waals surface area contributed by atoms with Gasteiger partial charge in [-0.3, -0.25) is 4.79 Å². The minimum absolute atomic E-state index is 0. The summed E-state index contributed by atoms with van der Waals surface area (Å²) < 4.78 is 21.3. The second-order valence-corrected chi connectivity index (χ2v) is 7.15. The van der Waals surface area contributed by atoms with Gasteiger partial charge >= 0.3 is 118 Å². The number of benzene rings is 1. The van der Waals surface area contributed by atoms with E-state index in [1.54, 1.807) is 0 Å². The van der Waals surface area contributed by atoms with Gasteiger partial charge in [-0.2, -0.15) is 0 Å². The Bertz CT molecular complexity index is 554. The average molecular weight is 398 g/mol. The second kappa shape index (κ2) is 13.9. The number of hydrogen-bond donors (Lipinski definition) is 2. The quantitative estimate of drug-likeness (QED) is 0.285. The molecule has 0 radical (unpaired) electrons. The Kier molecular flexibility index (Phi) is 20.1. The molecule has 0 aliphatic heterocycles. The Labute approximate surface area is 221 Å². The molecule has 0 aromatic heterocycles. The number of nitrogen functional groups attached to an aromatic ring is 1. The largest absolute Gasteiger partial charge is 1.00 e. The first kappa shape index (κ1) is 33.4. The molecule has 23 heavy (non-hydrogen) atoms. The fraction of sp³-hybridized carbons (Fsp3) is 0.125. The van der Waals surface area contributed by atoms with Crippen LogP contribution in [0.15, 0.2) is 24.3 Å². The molecule has 106 valence electrons. The fourth-order valence-corrected chi connectivity index (χ4v) is 3.10. The number of nitrogens with two attached hydrogens (primary N) is 1. The summed E-state index contributed by atoms with van der Waals surface area (Å²) >= 11 is 0. The van der Waals surface area contributed by atoms with Crippen LogP contribution in [0.3, 0.4) is 0 Å². The first-order valence-electron chi connectivity index (χ1n) is 4.71. The van der Waals surface area contributed by atoms with Crippen LogP contribution in [0.1, 0.15) is 10.4 Å². The van der Waals surface area contributed by atoms with Gasteiger partial charge in [0, 0.05) is 11.3 Å². The number of anilines is 1. The van der Waals surface area contributed by atoms with E-state index in [0.29, 0.717) is 5.69 Å². The maximum absolute atomic E-state index is 11.5. The Hall–Kier alpha value is 2.79. The van der Waals surface area contributed by atoms with Crippen molar-refractivity contribution in [2.24, 2.45) is 0 Å². The van der Waals surface area contributed by atoms with Crippen LogP contribution in [0.25, 0.3) is 0 Å². The van der Waals surface area contributed by atoms with Crippen molar-refractivity contribution in [2.45, 2.75) is 5.52 Å². The van der Waals surface area contributed by atoms with Gasteiger partial charge in [-0.05, 0) is 39.5 Å². The van der Waals surface area contributed by atoms with E-state index in [1.807, 2.05) is 0 Å². The van der Waals surface area contributed by atoms with Crippen LogP contribution >= 0.6 is 15.2 Å². The van der Waals surface area contributed by atoms with Gasteiger partial charge in [-0.1, -0.05) is 0 Å². The van der Waals surface area contributed by atoms with Gasteiger partial charge in [0.2, 0.25) is 0 Å². The van der Waals surface area contributed by atoms with E-state index in [-0.39, 0.29) is 124 Å². The molecule has 3 N–H and O–H groups in total. The van der Waals surface area contributed by atoms with Gasteiger partial charge in [0.15, 0.2) is 0 Å². The third-order valence-corrected chi connectivity index (χ3v) is 5.19. The van der Waals surface area contributed by atoms with E-state index in [0.717, 1.165) is 0 Å². The number of carbonyl (C=O) groups excluding carboxylic acids is 1. The smallest absolute Gasteiger partial charge is 0.809 e. The van der Waals surface area contributed by atoms with Crippen molar-refractivity contribution < 1.29 is 152 Å². The summed E-state index contributed by atoms with van der Waals surface area (Å²) in [5, 5.41) is 1.38. The Morgan fingerprint density at radius 1 is 0.913 bits per heavy atom. The molecule has 15 heteroatoms. The predicted octanol–water partition coefficient (Wildman–Crippen LogP) is -14.9. The number of hydrogen-bond acceptors (Lipinski definition) is 8. The van der Waals surface area contributed by atoms with Crippen LogP contribution in [0.4, 0.5) is 5.69 Å². The van der Waals surface area contributed by atoms with Gasteiger partial charge in [0.25, 0.3) is 5.91 Å². The van der Waals surface area contributed by atoms with Crippen molar-refractivity contribution in [1.29, 1.82) is 0 Å². The van der Waals surface area contributed by atoms with Crippen LogP contribution in [0, 0.1) is 0 Å². The fourth-order valence-electron chi connectivity index (χ4n) is 1.17. The molecule has 0 saturated heterocycles. The summed E-state index contributed by atoms with van der Waals surface area (Å²) in [5.74, 6) is -1.19. The number of carbonyl (C=O) groups is 1. The maximum atomic E-state index is 11.5. The van der Waals surface area contributed by atoms with E-state index in [9.17, 15) is 33.5 Å². The molecular weight excluding hydrogens is 390 g/mol.